The molecule has 1 saturated carbocycles. The highest BCUT2D eigenvalue weighted by atomic mass is 35.5. The van der Waals surface area contributed by atoms with Gasteiger partial charge in [-0.3, -0.25) is 4.79 Å². The molecule has 3 N–H and O–H groups in total. The first-order chi connectivity index (χ1) is 9.08. The monoisotopic (exact) mass is 284 g/mol. The first-order valence-corrected chi connectivity index (χ1v) is 6.35. The van der Waals surface area contributed by atoms with Gasteiger partial charge in [-0.25, -0.2) is 4.39 Å². The quantitative estimate of drug-likeness (QED) is 0.802. The van der Waals surface area contributed by atoms with Gasteiger partial charge in [-0.2, -0.15) is 0 Å². The Morgan fingerprint density at radius 2 is 2.32 bits per heavy atom. The summed E-state index contributed by atoms with van der Waals surface area (Å²) in [7, 11) is 0. The van der Waals surface area contributed by atoms with Crippen LogP contribution in [-0.2, 0) is 16.1 Å². The topological polar surface area (TPSA) is 72.2 Å². The van der Waals surface area contributed by atoms with E-state index in [1.54, 1.807) is 12.1 Å². The summed E-state index contributed by atoms with van der Waals surface area (Å²) in [4.78, 5) is 21.6. The minimum atomic E-state index is -0.548. The molecule has 2 unspecified atom stereocenters. The van der Waals surface area contributed by atoms with Gasteiger partial charge in [0.15, 0.2) is 0 Å². The number of hydrogen-bond donors (Lipinski definition) is 2. The zero-order valence-corrected chi connectivity index (χ0v) is 10.9. The van der Waals surface area contributed by atoms with Gasteiger partial charge in [-0.1, -0.05) is 23.7 Å². The van der Waals surface area contributed by atoms with Crippen LogP contribution in [0.15, 0.2) is 12.1 Å². The van der Waals surface area contributed by atoms with Gasteiger partial charge < -0.3 is 15.8 Å². The summed E-state index contributed by atoms with van der Waals surface area (Å²) in [6, 6.07) is 3.29. The fourth-order valence-corrected chi connectivity index (χ4v) is 2.34. The maximum atomic E-state index is 14.0. The van der Waals surface area contributed by atoms with Crippen molar-refractivity contribution in [3.05, 3.63) is 34.1 Å². The van der Waals surface area contributed by atoms with Crippen LogP contribution in [-0.4, -0.2) is 18.7 Å². The van der Waals surface area contributed by atoms with E-state index in [-0.39, 0.29) is 35.9 Å². The Balaban J connectivity index is 2.13. The van der Waals surface area contributed by atoms with Crippen LogP contribution in [0.3, 0.4) is 0 Å². The van der Waals surface area contributed by atoms with Crippen LogP contribution >= 0.6 is 11.6 Å². The van der Waals surface area contributed by atoms with Gasteiger partial charge in [0.05, 0.1) is 11.6 Å². The van der Waals surface area contributed by atoms with E-state index in [0.717, 1.165) is 6.29 Å². The molecule has 1 aliphatic rings. The summed E-state index contributed by atoms with van der Waals surface area (Å²) in [5, 5.41) is 2.52. The van der Waals surface area contributed by atoms with Gasteiger partial charge in [0.2, 0.25) is 5.91 Å². The molecule has 0 spiro atoms. The Bertz CT molecular complexity index is 522. The number of aldehydes is 1. The Hall–Kier alpha value is -1.46. The first kappa shape index (κ1) is 14.0. The van der Waals surface area contributed by atoms with E-state index in [9.17, 15) is 14.0 Å². The molecule has 102 valence electrons. The lowest BCUT2D eigenvalue weighted by atomic mass is 10.1. The van der Waals surface area contributed by atoms with Crippen LogP contribution < -0.4 is 11.1 Å². The van der Waals surface area contributed by atoms with E-state index < -0.39 is 5.82 Å². The van der Waals surface area contributed by atoms with E-state index in [1.165, 1.54) is 0 Å². The number of nitrogens with two attached hydrogens (primary N) is 1. The summed E-state index contributed by atoms with van der Waals surface area (Å²) in [6.07, 6.45) is 1.58. The molecule has 1 aromatic carbocycles. The zero-order chi connectivity index (χ0) is 14.0. The van der Waals surface area contributed by atoms with Crippen molar-refractivity contribution in [1.29, 1.82) is 0 Å². The van der Waals surface area contributed by atoms with E-state index in [1.807, 2.05) is 0 Å². The third kappa shape index (κ3) is 2.93. The fraction of sp³-hybridized carbons (Fsp3) is 0.385. The van der Waals surface area contributed by atoms with Crippen LogP contribution in [0.4, 0.5) is 4.39 Å². The van der Waals surface area contributed by atoms with Gasteiger partial charge in [0, 0.05) is 18.0 Å². The minimum Gasteiger partial charge on any atom is -0.351 e. The van der Waals surface area contributed by atoms with E-state index >= 15 is 0 Å². The molecule has 1 fully saturated rings. The number of hydrogen-bond acceptors (Lipinski definition) is 3. The molecule has 2 rings (SSSR count). The molecule has 19 heavy (non-hydrogen) atoms. The van der Waals surface area contributed by atoms with Crippen molar-refractivity contribution in [1.82, 2.24) is 5.32 Å². The lowest BCUT2D eigenvalue weighted by molar-refractivity contribution is -0.119. The molecule has 1 amide bonds. The second-order valence-corrected chi connectivity index (χ2v) is 4.94. The molecule has 1 aromatic rings. The normalized spacial score (nSPS) is 21.0. The largest absolute Gasteiger partial charge is 0.351 e. The molecular formula is C13H14ClFN2O2. The average molecular weight is 285 g/mol. The van der Waals surface area contributed by atoms with Crippen molar-refractivity contribution in [3.63, 3.8) is 0 Å². The highest BCUT2D eigenvalue weighted by Crippen LogP contribution is 2.48. The highest BCUT2D eigenvalue weighted by molar-refractivity contribution is 6.31. The third-order valence-electron chi connectivity index (χ3n) is 3.27. The summed E-state index contributed by atoms with van der Waals surface area (Å²) >= 11 is 5.98. The SMILES string of the molecule is NCC(=O)NCc1ccc(C2CC2C=O)c(Cl)c1F. The molecule has 0 aromatic heterocycles. The van der Waals surface area contributed by atoms with Crippen molar-refractivity contribution < 1.29 is 14.0 Å². The standard InChI is InChI=1S/C13H14ClFN2O2/c14-12-9(10-3-8(10)6-18)2-1-7(13(12)15)5-17-11(19)4-16/h1-2,6,8,10H,3-5,16H2,(H,17,19). The van der Waals surface area contributed by atoms with Gasteiger partial charge in [-0.15, -0.1) is 0 Å². The molecule has 0 bridgehead atoms. The number of carbonyl (C=O) groups is 2. The van der Waals surface area contributed by atoms with Gasteiger partial charge in [0.1, 0.15) is 12.1 Å². The smallest absolute Gasteiger partial charge is 0.234 e. The average Bonchev–Trinajstić information content (AvgIpc) is 3.19. The summed E-state index contributed by atoms with van der Waals surface area (Å²) in [5.41, 5.74) is 6.10. The second kappa shape index (κ2) is 5.67. The first-order valence-electron chi connectivity index (χ1n) is 5.97. The van der Waals surface area contributed by atoms with Gasteiger partial charge in [-0.05, 0) is 17.9 Å². The molecule has 6 heteroatoms. The van der Waals surface area contributed by atoms with Crippen molar-refractivity contribution in [3.8, 4) is 0 Å². The van der Waals surface area contributed by atoms with Gasteiger partial charge in [0.25, 0.3) is 0 Å². The predicted molar refractivity (Wildman–Crippen MR) is 69.2 cm³/mol. The van der Waals surface area contributed by atoms with E-state index in [2.05, 4.69) is 5.32 Å². The molecule has 1 aliphatic carbocycles. The van der Waals surface area contributed by atoms with Crippen LogP contribution in [0.2, 0.25) is 5.02 Å². The van der Waals surface area contributed by atoms with Crippen LogP contribution in [0.5, 0.6) is 0 Å². The Morgan fingerprint density at radius 1 is 1.58 bits per heavy atom. The summed E-state index contributed by atoms with van der Waals surface area (Å²) in [5.74, 6) is -0.942. The molecule has 4 nitrogen and oxygen atoms in total. The highest BCUT2D eigenvalue weighted by Gasteiger charge is 2.39. The van der Waals surface area contributed by atoms with Crippen LogP contribution in [0, 0.1) is 11.7 Å². The summed E-state index contributed by atoms with van der Waals surface area (Å²) in [6.45, 7) is -0.0971. The number of amides is 1. The predicted octanol–water partition coefficient (Wildman–Crippen LogP) is 1.36. The number of carbonyl (C=O) groups excluding carboxylic acids is 2. The number of halogens is 2. The Kier molecular flexibility index (Phi) is 4.17. The van der Waals surface area contributed by atoms with E-state index in [4.69, 9.17) is 17.3 Å². The van der Waals surface area contributed by atoms with E-state index in [0.29, 0.717) is 17.5 Å². The molecule has 0 saturated heterocycles. The minimum absolute atomic E-state index is 0.0205. The summed E-state index contributed by atoms with van der Waals surface area (Å²) < 4.78 is 14.0. The number of rotatable bonds is 5. The maximum Gasteiger partial charge on any atom is 0.234 e. The van der Waals surface area contributed by atoms with Crippen LogP contribution in [0.25, 0.3) is 0 Å². The molecule has 0 radical (unpaired) electrons. The lowest BCUT2D eigenvalue weighted by Gasteiger charge is -2.09. The van der Waals surface area contributed by atoms with Gasteiger partial charge >= 0.3 is 0 Å². The number of nitrogens with one attached hydrogen (secondary N) is 1. The zero-order valence-electron chi connectivity index (χ0n) is 10.2. The second-order valence-electron chi connectivity index (χ2n) is 4.56. The Morgan fingerprint density at radius 3 is 2.89 bits per heavy atom. The maximum absolute atomic E-state index is 14.0. The van der Waals surface area contributed by atoms with Crippen molar-refractivity contribution in [2.45, 2.75) is 18.9 Å². The lowest BCUT2D eigenvalue weighted by Crippen LogP contribution is -2.30. The third-order valence-corrected chi connectivity index (χ3v) is 3.65. The van der Waals surface area contributed by atoms with Crippen molar-refractivity contribution >= 4 is 23.8 Å². The van der Waals surface area contributed by atoms with Crippen molar-refractivity contribution in [2.24, 2.45) is 11.7 Å². The van der Waals surface area contributed by atoms with Crippen molar-refractivity contribution in [2.75, 3.05) is 6.54 Å². The van der Waals surface area contributed by atoms with Crippen LogP contribution in [0.1, 0.15) is 23.5 Å². The molecule has 2 atom stereocenters. The fourth-order valence-electron chi connectivity index (χ4n) is 2.02. The molecule has 0 heterocycles. The molecule has 0 aliphatic heterocycles. The Labute approximate surface area is 115 Å². The number of benzene rings is 1. The molecular weight excluding hydrogens is 271 g/mol.